The molecule has 0 saturated carbocycles. The van der Waals surface area contributed by atoms with Crippen LogP contribution in [0.25, 0.3) is 11.4 Å². The van der Waals surface area contributed by atoms with Crippen molar-refractivity contribution < 1.29 is 9.13 Å². The zero-order chi connectivity index (χ0) is 20.1. The largest absolute Gasteiger partial charge is 0.489 e. The molecule has 0 atom stereocenters. The van der Waals surface area contributed by atoms with Crippen molar-refractivity contribution in [3.8, 4) is 17.1 Å². The van der Waals surface area contributed by atoms with Crippen LogP contribution in [0, 0.1) is 10.6 Å². The number of rotatable bonds is 6. The molecule has 4 aromatic rings. The normalized spacial score (nSPS) is 11.1. The Morgan fingerprint density at radius 3 is 2.66 bits per heavy atom. The first kappa shape index (κ1) is 18.8. The lowest BCUT2D eigenvalue weighted by molar-refractivity contribution is 0.306. The van der Waals surface area contributed by atoms with E-state index < -0.39 is 5.82 Å². The molecule has 4 rings (SSSR count). The lowest BCUT2D eigenvalue weighted by atomic mass is 10.2. The summed E-state index contributed by atoms with van der Waals surface area (Å²) in [5, 5.41) is 11.2. The van der Waals surface area contributed by atoms with Crippen molar-refractivity contribution in [3.63, 3.8) is 0 Å². The van der Waals surface area contributed by atoms with Crippen molar-refractivity contribution in [2.45, 2.75) is 6.61 Å². The quantitative estimate of drug-likeness (QED) is 0.355. The second-order valence-electron chi connectivity index (χ2n) is 6.24. The minimum atomic E-state index is -0.394. The van der Waals surface area contributed by atoms with Crippen LogP contribution < -0.4 is 4.74 Å². The summed E-state index contributed by atoms with van der Waals surface area (Å²) < 4.78 is 21.6. The maximum Gasteiger partial charge on any atom is 0.216 e. The molecule has 0 radical (unpaired) electrons. The number of nitrogens with zero attached hydrogens (tertiary/aromatic N) is 3. The van der Waals surface area contributed by atoms with Crippen LogP contribution in [-0.4, -0.2) is 21.1 Å². The lowest BCUT2D eigenvalue weighted by Crippen LogP contribution is -1.98. The molecule has 7 heteroatoms. The number of H-pyrrole nitrogens is 1. The molecular formula is C22H17FN4OS. The van der Waals surface area contributed by atoms with E-state index >= 15 is 0 Å². The van der Waals surface area contributed by atoms with Crippen molar-refractivity contribution >= 4 is 18.4 Å². The molecule has 0 aliphatic heterocycles. The lowest BCUT2D eigenvalue weighted by Gasteiger charge is -2.07. The number of hydrogen-bond donors (Lipinski definition) is 1. The molecule has 0 fully saturated rings. The van der Waals surface area contributed by atoms with Gasteiger partial charge in [-0.3, -0.25) is 0 Å². The number of aromatic amines is 1. The van der Waals surface area contributed by atoms with Crippen LogP contribution in [-0.2, 0) is 6.61 Å². The van der Waals surface area contributed by atoms with E-state index in [1.54, 1.807) is 24.4 Å². The summed E-state index contributed by atoms with van der Waals surface area (Å²) in [4.78, 5) is 0. The van der Waals surface area contributed by atoms with Crippen LogP contribution in [0.1, 0.15) is 11.1 Å². The highest BCUT2D eigenvalue weighted by molar-refractivity contribution is 7.71. The maximum atomic E-state index is 14.1. The fourth-order valence-electron chi connectivity index (χ4n) is 2.77. The van der Waals surface area contributed by atoms with Crippen LogP contribution in [0.15, 0.2) is 84.0 Å². The molecular weight excluding hydrogens is 387 g/mol. The summed E-state index contributed by atoms with van der Waals surface area (Å²) in [5.41, 5.74) is 2.22. The van der Waals surface area contributed by atoms with Gasteiger partial charge in [0.15, 0.2) is 5.82 Å². The van der Waals surface area contributed by atoms with Crippen LogP contribution >= 0.6 is 12.2 Å². The molecule has 0 saturated heterocycles. The summed E-state index contributed by atoms with van der Waals surface area (Å²) in [5.74, 6) is 0.637. The highest BCUT2D eigenvalue weighted by atomic mass is 32.1. The van der Waals surface area contributed by atoms with Gasteiger partial charge in [0.05, 0.1) is 11.8 Å². The molecule has 144 valence electrons. The summed E-state index contributed by atoms with van der Waals surface area (Å²) in [6.45, 7) is 0.478. The second-order valence-corrected chi connectivity index (χ2v) is 6.62. The standard InChI is InChI=1S/C22H17FN4OS/c23-20-12-5-4-11-19(20)21-25-26-22(29)27(21)24-14-17-9-6-10-18(13-17)28-15-16-7-2-1-3-8-16/h1-14H,15H2,(H,26,29). The van der Waals surface area contributed by atoms with Crippen molar-refractivity contribution in [1.82, 2.24) is 14.9 Å². The third-order valence-electron chi connectivity index (χ3n) is 4.19. The van der Waals surface area contributed by atoms with Gasteiger partial charge in [-0.15, -0.1) is 0 Å². The maximum absolute atomic E-state index is 14.1. The summed E-state index contributed by atoms with van der Waals surface area (Å²) in [7, 11) is 0. The molecule has 29 heavy (non-hydrogen) atoms. The van der Waals surface area contributed by atoms with Gasteiger partial charge in [-0.05, 0) is 47.6 Å². The molecule has 0 unspecified atom stereocenters. The van der Waals surface area contributed by atoms with Crippen LogP contribution in [0.5, 0.6) is 5.75 Å². The van der Waals surface area contributed by atoms with E-state index in [1.165, 1.54) is 10.7 Å². The first-order valence-corrected chi connectivity index (χ1v) is 9.35. The smallest absolute Gasteiger partial charge is 0.216 e. The first-order chi connectivity index (χ1) is 14.2. The van der Waals surface area contributed by atoms with E-state index in [9.17, 15) is 4.39 Å². The summed E-state index contributed by atoms with van der Waals surface area (Å²) in [6, 6.07) is 23.8. The SMILES string of the molecule is Fc1ccccc1-c1n[nH]c(=S)n1N=Cc1cccc(OCc2ccccc2)c1. The van der Waals surface area contributed by atoms with Crippen LogP contribution in [0.2, 0.25) is 0 Å². The molecule has 1 aromatic heterocycles. The molecule has 0 aliphatic rings. The van der Waals surface area contributed by atoms with Gasteiger partial charge in [0.1, 0.15) is 18.2 Å². The predicted octanol–water partition coefficient (Wildman–Crippen LogP) is 5.21. The number of halogens is 1. The number of hydrogen-bond acceptors (Lipinski definition) is 4. The van der Waals surface area contributed by atoms with E-state index in [0.717, 1.165) is 16.9 Å². The third kappa shape index (κ3) is 4.47. The highest BCUT2D eigenvalue weighted by Gasteiger charge is 2.12. The van der Waals surface area contributed by atoms with E-state index in [2.05, 4.69) is 15.3 Å². The molecule has 3 aromatic carbocycles. The Kier molecular flexibility index (Phi) is 5.58. The number of benzene rings is 3. The van der Waals surface area contributed by atoms with E-state index in [0.29, 0.717) is 18.0 Å². The van der Waals surface area contributed by atoms with Crippen molar-refractivity contribution in [1.29, 1.82) is 0 Å². The van der Waals surface area contributed by atoms with Crippen molar-refractivity contribution in [3.05, 3.63) is 101 Å². The van der Waals surface area contributed by atoms with Crippen molar-refractivity contribution in [2.75, 3.05) is 0 Å². The molecule has 1 heterocycles. The number of nitrogens with one attached hydrogen (secondary N) is 1. The Morgan fingerprint density at radius 2 is 1.83 bits per heavy atom. The second kappa shape index (κ2) is 8.62. The fraction of sp³-hybridized carbons (Fsp3) is 0.0455. The van der Waals surface area contributed by atoms with Gasteiger partial charge in [0.25, 0.3) is 0 Å². The summed E-state index contributed by atoms with van der Waals surface area (Å²) in [6.07, 6.45) is 1.63. The molecule has 0 bridgehead atoms. The molecule has 0 spiro atoms. The van der Waals surface area contributed by atoms with E-state index in [1.807, 2.05) is 54.6 Å². The minimum Gasteiger partial charge on any atom is -0.489 e. The zero-order valence-electron chi connectivity index (χ0n) is 15.3. The zero-order valence-corrected chi connectivity index (χ0v) is 16.1. The Balaban J connectivity index is 1.55. The summed E-state index contributed by atoms with van der Waals surface area (Å²) >= 11 is 5.24. The average Bonchev–Trinajstić information content (AvgIpc) is 3.12. The Hall–Kier alpha value is -3.58. The van der Waals surface area contributed by atoms with Gasteiger partial charge >= 0.3 is 0 Å². The fourth-order valence-corrected chi connectivity index (χ4v) is 2.94. The Labute approximate surface area is 172 Å². The number of aromatic nitrogens is 3. The van der Waals surface area contributed by atoms with Gasteiger partial charge < -0.3 is 4.74 Å². The van der Waals surface area contributed by atoms with Gasteiger partial charge in [0, 0.05) is 0 Å². The Morgan fingerprint density at radius 1 is 1.03 bits per heavy atom. The van der Waals surface area contributed by atoms with Gasteiger partial charge in [0.2, 0.25) is 4.77 Å². The molecule has 5 nitrogen and oxygen atoms in total. The van der Waals surface area contributed by atoms with Gasteiger partial charge in [-0.2, -0.15) is 14.9 Å². The third-order valence-corrected chi connectivity index (χ3v) is 4.46. The highest BCUT2D eigenvalue weighted by Crippen LogP contribution is 2.21. The van der Waals surface area contributed by atoms with Gasteiger partial charge in [-0.1, -0.05) is 54.6 Å². The average molecular weight is 404 g/mol. The predicted molar refractivity (Wildman–Crippen MR) is 113 cm³/mol. The van der Waals surface area contributed by atoms with E-state index in [4.69, 9.17) is 17.0 Å². The first-order valence-electron chi connectivity index (χ1n) is 8.94. The monoisotopic (exact) mass is 404 g/mol. The van der Waals surface area contributed by atoms with Gasteiger partial charge in [-0.25, -0.2) is 9.49 Å². The molecule has 0 aliphatic carbocycles. The van der Waals surface area contributed by atoms with Crippen molar-refractivity contribution in [2.24, 2.45) is 5.10 Å². The Bertz CT molecular complexity index is 1200. The molecule has 1 N–H and O–H groups in total. The van der Waals surface area contributed by atoms with Crippen LogP contribution in [0.3, 0.4) is 0 Å². The topological polar surface area (TPSA) is 55.2 Å². The molecule has 0 amide bonds. The van der Waals surface area contributed by atoms with Crippen LogP contribution in [0.4, 0.5) is 4.39 Å². The number of ether oxygens (including phenoxy) is 1. The minimum absolute atomic E-state index is 0.274. The van der Waals surface area contributed by atoms with E-state index in [-0.39, 0.29) is 4.77 Å².